The summed E-state index contributed by atoms with van der Waals surface area (Å²) in [6, 6.07) is 13.5. The molecule has 8 heteroatoms. The highest BCUT2D eigenvalue weighted by atomic mass is 19.4. The molecule has 1 heterocycles. The highest BCUT2D eigenvalue weighted by Crippen LogP contribution is 2.34. The van der Waals surface area contributed by atoms with Gasteiger partial charge in [-0.1, -0.05) is 42.0 Å². The maximum atomic E-state index is 13.0. The predicted molar refractivity (Wildman–Crippen MR) is 96.6 cm³/mol. The molecule has 2 aromatic carbocycles. The summed E-state index contributed by atoms with van der Waals surface area (Å²) in [6.07, 6.45) is -2.87. The van der Waals surface area contributed by atoms with Crippen molar-refractivity contribution in [2.24, 2.45) is 0 Å². The number of hydrogen-bond donors (Lipinski definition) is 2. The Hall–Kier alpha value is -3.29. The second kappa shape index (κ2) is 7.53. The number of para-hydroxylation sites is 1. The highest BCUT2D eigenvalue weighted by molar-refractivity contribution is 5.99. The third-order valence-electron chi connectivity index (χ3n) is 3.79. The molecule has 2 N–H and O–H groups in total. The molecule has 140 valence electrons. The van der Waals surface area contributed by atoms with Crippen LogP contribution in [0.25, 0.3) is 0 Å². The Balaban J connectivity index is 1.65. The molecule has 0 atom stereocenters. The number of carbonyl (C=O) groups excluding carboxylic acids is 1. The molecule has 0 saturated heterocycles. The number of nitrogens with zero attached hydrogens (tertiary/aromatic N) is 2. The lowest BCUT2D eigenvalue weighted by Crippen LogP contribution is -2.22. The van der Waals surface area contributed by atoms with Gasteiger partial charge in [-0.25, -0.2) is 4.79 Å². The molecule has 0 unspecified atom stereocenters. The highest BCUT2D eigenvalue weighted by Gasteiger charge is 2.33. The minimum absolute atomic E-state index is 0.240. The quantitative estimate of drug-likeness (QED) is 0.682. The Morgan fingerprint density at radius 2 is 1.85 bits per heavy atom. The molecule has 5 nitrogen and oxygen atoms in total. The van der Waals surface area contributed by atoms with Gasteiger partial charge in [-0.15, -0.1) is 0 Å². The van der Waals surface area contributed by atoms with E-state index in [-0.39, 0.29) is 11.5 Å². The number of nitrogens with one attached hydrogen (secondary N) is 2. The second-order valence-electron chi connectivity index (χ2n) is 6.01. The fourth-order valence-electron chi connectivity index (χ4n) is 2.62. The lowest BCUT2D eigenvalue weighted by Gasteiger charge is -2.13. The summed E-state index contributed by atoms with van der Waals surface area (Å²) in [5, 5.41) is 8.86. The maximum absolute atomic E-state index is 13.0. The number of urea groups is 1. The minimum Gasteiger partial charge on any atom is -0.307 e. The summed E-state index contributed by atoms with van der Waals surface area (Å²) in [7, 11) is 0. The molecule has 0 fully saturated rings. The Morgan fingerprint density at radius 1 is 1.07 bits per heavy atom. The van der Waals surface area contributed by atoms with Crippen molar-refractivity contribution in [1.29, 1.82) is 0 Å². The minimum atomic E-state index is -4.56. The molecular weight excluding hydrogens is 357 g/mol. The molecule has 0 aliphatic rings. The van der Waals surface area contributed by atoms with Gasteiger partial charge in [0.15, 0.2) is 5.82 Å². The SMILES string of the molecule is Cc1cccc(Cn2ccc(NC(=O)Nc3ccccc3C(F)(F)F)n2)c1. The number of halogens is 3. The maximum Gasteiger partial charge on any atom is 0.418 e. The number of aromatic nitrogens is 2. The van der Waals surface area contributed by atoms with Crippen molar-refractivity contribution < 1.29 is 18.0 Å². The van der Waals surface area contributed by atoms with Crippen LogP contribution in [0.3, 0.4) is 0 Å². The zero-order valence-corrected chi connectivity index (χ0v) is 14.4. The van der Waals surface area contributed by atoms with Crippen LogP contribution in [0.1, 0.15) is 16.7 Å². The number of aryl methyl sites for hydroxylation is 1. The number of anilines is 2. The van der Waals surface area contributed by atoms with Crippen LogP contribution in [0.5, 0.6) is 0 Å². The van der Waals surface area contributed by atoms with Gasteiger partial charge < -0.3 is 5.32 Å². The zero-order valence-electron chi connectivity index (χ0n) is 14.4. The Labute approximate surface area is 153 Å². The van der Waals surface area contributed by atoms with Gasteiger partial charge in [0.1, 0.15) is 0 Å². The van der Waals surface area contributed by atoms with Crippen molar-refractivity contribution in [2.75, 3.05) is 10.6 Å². The van der Waals surface area contributed by atoms with Crippen LogP contribution in [-0.4, -0.2) is 15.8 Å². The van der Waals surface area contributed by atoms with E-state index >= 15 is 0 Å². The van der Waals surface area contributed by atoms with Crippen molar-refractivity contribution in [3.63, 3.8) is 0 Å². The van der Waals surface area contributed by atoms with Crippen molar-refractivity contribution in [3.05, 3.63) is 77.5 Å². The number of hydrogen-bond acceptors (Lipinski definition) is 2. The monoisotopic (exact) mass is 374 g/mol. The summed E-state index contributed by atoms with van der Waals surface area (Å²) in [6.45, 7) is 2.50. The van der Waals surface area contributed by atoms with Crippen LogP contribution < -0.4 is 10.6 Å². The lowest BCUT2D eigenvalue weighted by atomic mass is 10.1. The molecule has 27 heavy (non-hydrogen) atoms. The smallest absolute Gasteiger partial charge is 0.307 e. The van der Waals surface area contributed by atoms with Crippen molar-refractivity contribution in [2.45, 2.75) is 19.6 Å². The first-order chi connectivity index (χ1) is 12.8. The molecule has 1 aromatic heterocycles. The summed E-state index contributed by atoms with van der Waals surface area (Å²) < 4.78 is 40.6. The second-order valence-corrected chi connectivity index (χ2v) is 6.01. The third kappa shape index (κ3) is 4.87. The van der Waals surface area contributed by atoms with E-state index in [1.807, 2.05) is 31.2 Å². The molecule has 0 aliphatic carbocycles. The standard InChI is InChI=1S/C19H17F3N4O/c1-13-5-4-6-14(11-13)12-26-10-9-17(25-26)24-18(27)23-16-8-3-2-7-15(16)19(20,21)22/h2-11H,12H2,1H3,(H2,23,24,25,27). The molecular formula is C19H17F3N4O. The number of amides is 2. The number of carbonyl (C=O) groups is 1. The van der Waals surface area contributed by atoms with E-state index in [1.165, 1.54) is 18.2 Å². The Morgan fingerprint density at radius 3 is 2.59 bits per heavy atom. The fraction of sp³-hybridized carbons (Fsp3) is 0.158. The van der Waals surface area contributed by atoms with E-state index in [0.29, 0.717) is 6.54 Å². The van der Waals surface area contributed by atoms with Gasteiger partial charge >= 0.3 is 12.2 Å². The van der Waals surface area contributed by atoms with Gasteiger partial charge in [-0.05, 0) is 24.6 Å². The van der Waals surface area contributed by atoms with Gasteiger partial charge in [0.2, 0.25) is 0 Å². The lowest BCUT2D eigenvalue weighted by molar-refractivity contribution is -0.136. The summed E-state index contributed by atoms with van der Waals surface area (Å²) in [4.78, 5) is 12.0. The average Bonchev–Trinajstić information content (AvgIpc) is 3.01. The third-order valence-corrected chi connectivity index (χ3v) is 3.79. The molecule has 0 saturated carbocycles. The summed E-state index contributed by atoms with van der Waals surface area (Å²) >= 11 is 0. The van der Waals surface area contributed by atoms with Gasteiger partial charge in [-0.2, -0.15) is 18.3 Å². The predicted octanol–water partition coefficient (Wildman–Crippen LogP) is 4.90. The van der Waals surface area contributed by atoms with E-state index in [2.05, 4.69) is 15.7 Å². The zero-order chi connectivity index (χ0) is 19.4. The van der Waals surface area contributed by atoms with Crippen LogP contribution in [0.15, 0.2) is 60.8 Å². The molecule has 0 aliphatic heterocycles. The molecule has 0 radical (unpaired) electrons. The molecule has 0 bridgehead atoms. The first-order valence-electron chi connectivity index (χ1n) is 8.14. The largest absolute Gasteiger partial charge is 0.418 e. The van der Waals surface area contributed by atoms with Crippen LogP contribution >= 0.6 is 0 Å². The van der Waals surface area contributed by atoms with Crippen molar-refractivity contribution >= 4 is 17.5 Å². The van der Waals surface area contributed by atoms with E-state index < -0.39 is 17.8 Å². The first-order valence-corrected chi connectivity index (χ1v) is 8.14. The van der Waals surface area contributed by atoms with Crippen LogP contribution in [0, 0.1) is 6.92 Å². The van der Waals surface area contributed by atoms with Gasteiger partial charge in [-0.3, -0.25) is 10.00 Å². The van der Waals surface area contributed by atoms with Crippen molar-refractivity contribution in [1.82, 2.24) is 9.78 Å². The van der Waals surface area contributed by atoms with E-state index in [0.717, 1.165) is 17.2 Å². The Kier molecular flexibility index (Phi) is 5.16. The van der Waals surface area contributed by atoms with Crippen LogP contribution in [0.2, 0.25) is 0 Å². The topological polar surface area (TPSA) is 59.0 Å². The normalized spacial score (nSPS) is 11.3. The fourth-order valence-corrected chi connectivity index (χ4v) is 2.62. The van der Waals surface area contributed by atoms with E-state index in [1.54, 1.807) is 16.9 Å². The van der Waals surface area contributed by atoms with E-state index in [4.69, 9.17) is 0 Å². The van der Waals surface area contributed by atoms with Gasteiger partial charge in [0.05, 0.1) is 17.8 Å². The number of alkyl halides is 3. The number of benzene rings is 2. The molecule has 3 aromatic rings. The average molecular weight is 374 g/mol. The van der Waals surface area contributed by atoms with Crippen LogP contribution in [0.4, 0.5) is 29.5 Å². The van der Waals surface area contributed by atoms with Crippen LogP contribution in [-0.2, 0) is 12.7 Å². The van der Waals surface area contributed by atoms with Gasteiger partial charge in [0.25, 0.3) is 0 Å². The summed E-state index contributed by atoms with van der Waals surface area (Å²) in [5.74, 6) is 0.240. The van der Waals surface area contributed by atoms with E-state index in [9.17, 15) is 18.0 Å². The summed E-state index contributed by atoms with van der Waals surface area (Å²) in [5.41, 5.74) is 0.945. The Bertz CT molecular complexity index is 950. The van der Waals surface area contributed by atoms with Gasteiger partial charge in [0, 0.05) is 12.3 Å². The molecule has 0 spiro atoms. The molecule has 2 amide bonds. The van der Waals surface area contributed by atoms with Crippen molar-refractivity contribution in [3.8, 4) is 0 Å². The molecule has 3 rings (SSSR count). The number of rotatable bonds is 4. The first kappa shape index (κ1) is 18.5.